The van der Waals surface area contributed by atoms with Gasteiger partial charge in [-0.05, 0) is 32.6 Å². The lowest BCUT2D eigenvalue weighted by molar-refractivity contribution is -0.154. The molecule has 0 aromatic rings. The van der Waals surface area contributed by atoms with Gasteiger partial charge in [0.25, 0.3) is 0 Å². The number of carbonyl (C=O) groups excluding carboxylic acids is 2. The SMILES string of the molecule is CN(CCOC(=O)C(C)(C)C)C(=O)CCOCCOCCOCCOCCC(C)(C)C. The number of hydrogen-bond donors (Lipinski definition) is 0. The van der Waals surface area contributed by atoms with Crippen LogP contribution in [0.3, 0.4) is 0 Å². The largest absolute Gasteiger partial charge is 0.463 e. The monoisotopic (exact) mass is 447 g/mol. The van der Waals surface area contributed by atoms with Gasteiger partial charge in [0.15, 0.2) is 0 Å². The zero-order valence-electron chi connectivity index (χ0n) is 20.8. The highest BCUT2D eigenvalue weighted by atomic mass is 16.6. The highest BCUT2D eigenvalue weighted by molar-refractivity contribution is 5.76. The summed E-state index contributed by atoms with van der Waals surface area (Å²) < 4.78 is 27.0. The molecule has 0 spiro atoms. The van der Waals surface area contributed by atoms with Crippen LogP contribution in [0.4, 0.5) is 0 Å². The number of amides is 1. The second-order valence-electron chi connectivity index (χ2n) is 9.71. The van der Waals surface area contributed by atoms with Gasteiger partial charge in [0.05, 0.1) is 64.6 Å². The Morgan fingerprint density at radius 2 is 1.13 bits per heavy atom. The van der Waals surface area contributed by atoms with Crippen molar-refractivity contribution < 1.29 is 33.3 Å². The van der Waals surface area contributed by atoms with Crippen LogP contribution < -0.4 is 0 Å². The molecule has 0 bridgehead atoms. The minimum absolute atomic E-state index is 0.0501. The van der Waals surface area contributed by atoms with Crippen LogP contribution >= 0.6 is 0 Å². The molecule has 0 aliphatic carbocycles. The Morgan fingerprint density at radius 3 is 1.58 bits per heavy atom. The van der Waals surface area contributed by atoms with Crippen molar-refractivity contribution in [1.29, 1.82) is 0 Å². The smallest absolute Gasteiger partial charge is 0.311 e. The predicted octanol–water partition coefficient (Wildman–Crippen LogP) is 2.93. The molecule has 184 valence electrons. The van der Waals surface area contributed by atoms with E-state index in [4.69, 9.17) is 23.7 Å². The molecule has 0 aliphatic heterocycles. The number of rotatable bonds is 17. The first-order valence-corrected chi connectivity index (χ1v) is 11.2. The molecule has 0 fully saturated rings. The fourth-order valence-corrected chi connectivity index (χ4v) is 2.11. The number of ether oxygens (including phenoxy) is 5. The molecule has 0 atom stereocenters. The lowest BCUT2D eigenvalue weighted by atomic mass is 9.93. The number of hydrogen-bond acceptors (Lipinski definition) is 7. The number of nitrogens with zero attached hydrogens (tertiary/aromatic N) is 1. The first-order valence-electron chi connectivity index (χ1n) is 11.2. The maximum atomic E-state index is 12.0. The Labute approximate surface area is 188 Å². The molecule has 31 heavy (non-hydrogen) atoms. The zero-order valence-corrected chi connectivity index (χ0v) is 20.8. The highest BCUT2D eigenvalue weighted by Gasteiger charge is 2.23. The standard InChI is InChI=1S/C23H45NO7/c1-22(2,3)9-12-28-15-17-30-19-18-29-16-14-27-11-8-20(25)24(7)10-13-31-21(26)23(4,5)6/h8-19H2,1-7H3. The molecule has 8 heteroatoms. The Balaban J connectivity index is 3.44. The molecule has 0 saturated heterocycles. The summed E-state index contributed by atoms with van der Waals surface area (Å²) in [6.45, 7) is 16.7. The molecule has 0 unspecified atom stereocenters. The minimum atomic E-state index is -0.537. The van der Waals surface area contributed by atoms with Crippen LogP contribution in [0.1, 0.15) is 54.4 Å². The second-order valence-corrected chi connectivity index (χ2v) is 9.71. The van der Waals surface area contributed by atoms with E-state index in [0.717, 1.165) is 13.0 Å². The van der Waals surface area contributed by atoms with E-state index < -0.39 is 5.41 Å². The van der Waals surface area contributed by atoms with Crippen molar-refractivity contribution in [2.24, 2.45) is 10.8 Å². The van der Waals surface area contributed by atoms with Gasteiger partial charge in [0.2, 0.25) is 5.91 Å². The summed E-state index contributed by atoms with van der Waals surface area (Å²) in [4.78, 5) is 25.2. The Morgan fingerprint density at radius 1 is 0.677 bits per heavy atom. The average molecular weight is 448 g/mol. The third-order valence-electron chi connectivity index (χ3n) is 4.27. The summed E-state index contributed by atoms with van der Waals surface area (Å²) in [6, 6.07) is 0. The summed E-state index contributed by atoms with van der Waals surface area (Å²) in [5.74, 6) is -0.322. The Kier molecular flexibility index (Phi) is 15.8. The summed E-state index contributed by atoms with van der Waals surface area (Å²) >= 11 is 0. The van der Waals surface area contributed by atoms with Crippen molar-refractivity contribution in [3.05, 3.63) is 0 Å². The topological polar surface area (TPSA) is 83.5 Å². The molecular formula is C23H45NO7. The second kappa shape index (κ2) is 16.4. The molecule has 1 amide bonds. The van der Waals surface area contributed by atoms with Crippen molar-refractivity contribution in [3.8, 4) is 0 Å². The van der Waals surface area contributed by atoms with Gasteiger partial charge in [-0.2, -0.15) is 0 Å². The van der Waals surface area contributed by atoms with Gasteiger partial charge in [0, 0.05) is 13.7 Å². The maximum Gasteiger partial charge on any atom is 0.311 e. The van der Waals surface area contributed by atoms with Crippen molar-refractivity contribution in [2.75, 3.05) is 73.1 Å². The maximum absolute atomic E-state index is 12.0. The van der Waals surface area contributed by atoms with E-state index >= 15 is 0 Å². The van der Waals surface area contributed by atoms with E-state index in [0.29, 0.717) is 58.2 Å². The van der Waals surface area contributed by atoms with Gasteiger partial charge >= 0.3 is 5.97 Å². The van der Waals surface area contributed by atoms with Crippen LogP contribution in [-0.4, -0.2) is 89.8 Å². The van der Waals surface area contributed by atoms with Crippen LogP contribution in [0.25, 0.3) is 0 Å². The summed E-state index contributed by atoms with van der Waals surface area (Å²) in [5.41, 5.74) is -0.243. The molecule has 0 heterocycles. The Bertz CT molecular complexity index is 483. The van der Waals surface area contributed by atoms with E-state index in [1.165, 1.54) is 0 Å². The van der Waals surface area contributed by atoms with Gasteiger partial charge in [-0.3, -0.25) is 9.59 Å². The minimum Gasteiger partial charge on any atom is -0.463 e. The average Bonchev–Trinajstić information content (AvgIpc) is 2.66. The zero-order chi connectivity index (χ0) is 23.8. The van der Waals surface area contributed by atoms with Gasteiger partial charge in [-0.15, -0.1) is 0 Å². The Hall–Kier alpha value is -1.22. The quantitative estimate of drug-likeness (QED) is 0.250. The van der Waals surface area contributed by atoms with Gasteiger partial charge < -0.3 is 28.6 Å². The highest BCUT2D eigenvalue weighted by Crippen LogP contribution is 2.17. The normalized spacial score (nSPS) is 12.1. The van der Waals surface area contributed by atoms with Crippen LogP contribution in [0.2, 0.25) is 0 Å². The van der Waals surface area contributed by atoms with Gasteiger partial charge in [-0.1, -0.05) is 20.8 Å². The van der Waals surface area contributed by atoms with Crippen molar-refractivity contribution in [3.63, 3.8) is 0 Å². The van der Waals surface area contributed by atoms with Crippen LogP contribution in [-0.2, 0) is 33.3 Å². The molecule has 0 aliphatic rings. The molecule has 0 N–H and O–H groups in total. The van der Waals surface area contributed by atoms with E-state index in [9.17, 15) is 9.59 Å². The van der Waals surface area contributed by atoms with Crippen LogP contribution in [0, 0.1) is 10.8 Å². The van der Waals surface area contributed by atoms with E-state index in [-0.39, 0.29) is 24.9 Å². The van der Waals surface area contributed by atoms with Crippen molar-refractivity contribution >= 4 is 11.9 Å². The summed E-state index contributed by atoms with van der Waals surface area (Å²) in [6.07, 6.45) is 1.31. The van der Waals surface area contributed by atoms with E-state index in [1.807, 2.05) is 0 Å². The fourth-order valence-electron chi connectivity index (χ4n) is 2.11. The molecule has 0 radical (unpaired) electrons. The van der Waals surface area contributed by atoms with Crippen molar-refractivity contribution in [2.45, 2.75) is 54.4 Å². The molecular weight excluding hydrogens is 402 g/mol. The third-order valence-corrected chi connectivity index (χ3v) is 4.27. The van der Waals surface area contributed by atoms with Gasteiger partial charge in [-0.25, -0.2) is 0 Å². The number of carbonyl (C=O) groups is 2. The molecule has 8 nitrogen and oxygen atoms in total. The summed E-state index contributed by atoms with van der Waals surface area (Å²) in [7, 11) is 1.69. The van der Waals surface area contributed by atoms with Crippen molar-refractivity contribution in [1.82, 2.24) is 4.90 Å². The number of esters is 1. The first kappa shape index (κ1) is 29.8. The summed E-state index contributed by atoms with van der Waals surface area (Å²) in [5, 5.41) is 0. The predicted molar refractivity (Wildman–Crippen MR) is 120 cm³/mol. The lowest BCUT2D eigenvalue weighted by Gasteiger charge is -2.20. The third kappa shape index (κ3) is 19.2. The van der Waals surface area contributed by atoms with E-state index in [1.54, 1.807) is 32.7 Å². The molecule has 0 saturated carbocycles. The molecule has 0 rings (SSSR count). The van der Waals surface area contributed by atoms with Gasteiger partial charge in [0.1, 0.15) is 6.61 Å². The fraction of sp³-hybridized carbons (Fsp3) is 0.913. The first-order chi connectivity index (χ1) is 14.4. The number of likely N-dealkylation sites (N-methyl/N-ethyl adjacent to an activating group) is 1. The van der Waals surface area contributed by atoms with Crippen LogP contribution in [0.5, 0.6) is 0 Å². The lowest BCUT2D eigenvalue weighted by Crippen LogP contribution is -2.33. The molecule has 0 aromatic heterocycles. The van der Waals surface area contributed by atoms with E-state index in [2.05, 4.69) is 20.8 Å². The van der Waals surface area contributed by atoms with Crippen LogP contribution in [0.15, 0.2) is 0 Å². The molecule has 0 aromatic carbocycles.